The van der Waals surface area contributed by atoms with Crippen molar-refractivity contribution < 1.29 is 19.1 Å². The fourth-order valence-electron chi connectivity index (χ4n) is 2.94. The summed E-state index contributed by atoms with van der Waals surface area (Å²) in [5, 5.41) is 9.18. The molecule has 0 aliphatic heterocycles. The quantitative estimate of drug-likeness (QED) is 0.880. The number of benzene rings is 2. The molecule has 0 spiro atoms. The van der Waals surface area contributed by atoms with Crippen molar-refractivity contribution in [2.24, 2.45) is 0 Å². The highest BCUT2D eigenvalue weighted by atomic mass is 19.1. The zero-order valence-electron chi connectivity index (χ0n) is 11.9. The highest BCUT2D eigenvalue weighted by molar-refractivity contribution is 6.14. The molecule has 0 aromatic heterocycles. The van der Waals surface area contributed by atoms with E-state index in [1.807, 2.05) is 0 Å². The number of carboxylic acid groups (broad SMARTS) is 1. The van der Waals surface area contributed by atoms with Crippen LogP contribution in [0.2, 0.25) is 0 Å². The molecule has 0 atom stereocenters. The van der Waals surface area contributed by atoms with Gasteiger partial charge < -0.3 is 5.11 Å². The van der Waals surface area contributed by atoms with E-state index in [0.717, 1.165) is 36.8 Å². The molecule has 1 aliphatic carbocycles. The van der Waals surface area contributed by atoms with Crippen LogP contribution in [0.3, 0.4) is 0 Å². The smallest absolute Gasteiger partial charge is 0.336 e. The molecule has 0 bridgehead atoms. The summed E-state index contributed by atoms with van der Waals surface area (Å²) in [4.78, 5) is 23.8. The summed E-state index contributed by atoms with van der Waals surface area (Å²) in [6.07, 6.45) is 3.71. The SMILES string of the molecule is O=C(O)c1ccccc1C(=O)c1cc2c(cc1F)CCCC2. The minimum Gasteiger partial charge on any atom is -0.478 e. The molecule has 0 unspecified atom stereocenters. The number of carbonyl (C=O) groups excluding carboxylic acids is 1. The third-order valence-electron chi connectivity index (χ3n) is 4.08. The van der Waals surface area contributed by atoms with Crippen LogP contribution in [0.25, 0.3) is 0 Å². The first-order valence-electron chi connectivity index (χ1n) is 7.26. The van der Waals surface area contributed by atoms with Crippen molar-refractivity contribution in [3.8, 4) is 0 Å². The summed E-state index contributed by atoms with van der Waals surface area (Å²) in [6.45, 7) is 0. The number of ketones is 1. The highest BCUT2D eigenvalue weighted by Crippen LogP contribution is 2.26. The lowest BCUT2D eigenvalue weighted by Gasteiger charge is -2.17. The predicted molar refractivity (Wildman–Crippen MR) is 79.9 cm³/mol. The molecule has 0 radical (unpaired) electrons. The molecule has 112 valence electrons. The van der Waals surface area contributed by atoms with Crippen LogP contribution in [0.15, 0.2) is 36.4 Å². The van der Waals surface area contributed by atoms with Crippen LogP contribution in [0.4, 0.5) is 4.39 Å². The number of carbonyl (C=O) groups is 2. The zero-order chi connectivity index (χ0) is 15.7. The van der Waals surface area contributed by atoms with Crippen LogP contribution in [0.1, 0.15) is 50.2 Å². The van der Waals surface area contributed by atoms with E-state index in [9.17, 15) is 19.1 Å². The third kappa shape index (κ3) is 2.52. The second-order valence-electron chi connectivity index (χ2n) is 5.49. The summed E-state index contributed by atoms with van der Waals surface area (Å²) in [6, 6.07) is 8.91. The monoisotopic (exact) mass is 298 g/mol. The van der Waals surface area contributed by atoms with Gasteiger partial charge in [0.15, 0.2) is 5.78 Å². The Labute approximate surface area is 127 Å². The number of hydrogen-bond acceptors (Lipinski definition) is 2. The number of fused-ring (bicyclic) bond motifs is 1. The molecular weight excluding hydrogens is 283 g/mol. The summed E-state index contributed by atoms with van der Waals surface area (Å²) >= 11 is 0. The number of carboxylic acids is 1. The maximum Gasteiger partial charge on any atom is 0.336 e. The van der Waals surface area contributed by atoms with E-state index in [1.54, 1.807) is 18.2 Å². The lowest BCUT2D eigenvalue weighted by Crippen LogP contribution is -2.13. The molecule has 0 fully saturated rings. The Kier molecular flexibility index (Phi) is 3.75. The van der Waals surface area contributed by atoms with E-state index in [-0.39, 0.29) is 16.7 Å². The molecule has 0 amide bonds. The average molecular weight is 298 g/mol. The maximum absolute atomic E-state index is 14.3. The summed E-state index contributed by atoms with van der Waals surface area (Å²) in [5.74, 6) is -2.35. The minimum atomic E-state index is -1.19. The van der Waals surface area contributed by atoms with E-state index >= 15 is 0 Å². The van der Waals surface area contributed by atoms with Crippen molar-refractivity contribution >= 4 is 11.8 Å². The highest BCUT2D eigenvalue weighted by Gasteiger charge is 2.22. The van der Waals surface area contributed by atoms with Crippen LogP contribution in [0, 0.1) is 5.82 Å². The van der Waals surface area contributed by atoms with Gasteiger partial charge in [-0.05, 0) is 55.0 Å². The fourth-order valence-corrected chi connectivity index (χ4v) is 2.94. The van der Waals surface area contributed by atoms with Crippen molar-refractivity contribution in [3.63, 3.8) is 0 Å². The number of hydrogen-bond donors (Lipinski definition) is 1. The van der Waals surface area contributed by atoms with Gasteiger partial charge in [-0.15, -0.1) is 0 Å². The maximum atomic E-state index is 14.3. The normalized spacial score (nSPS) is 13.5. The van der Waals surface area contributed by atoms with E-state index in [1.165, 1.54) is 18.2 Å². The van der Waals surface area contributed by atoms with Gasteiger partial charge in [0.2, 0.25) is 0 Å². The second-order valence-corrected chi connectivity index (χ2v) is 5.49. The Morgan fingerprint density at radius 3 is 2.14 bits per heavy atom. The molecule has 1 aliphatic rings. The van der Waals surface area contributed by atoms with Crippen molar-refractivity contribution in [2.75, 3.05) is 0 Å². The topological polar surface area (TPSA) is 54.4 Å². The first-order valence-corrected chi connectivity index (χ1v) is 7.26. The number of aromatic carboxylic acids is 1. The molecule has 2 aromatic rings. The van der Waals surface area contributed by atoms with Crippen LogP contribution in [-0.4, -0.2) is 16.9 Å². The lowest BCUT2D eigenvalue weighted by molar-refractivity contribution is 0.0692. The third-order valence-corrected chi connectivity index (χ3v) is 4.08. The Morgan fingerprint density at radius 1 is 0.909 bits per heavy atom. The molecule has 3 nitrogen and oxygen atoms in total. The van der Waals surface area contributed by atoms with Gasteiger partial charge in [-0.2, -0.15) is 0 Å². The van der Waals surface area contributed by atoms with E-state index < -0.39 is 17.6 Å². The summed E-state index contributed by atoms with van der Waals surface area (Å²) in [7, 11) is 0. The van der Waals surface area contributed by atoms with E-state index in [2.05, 4.69) is 0 Å². The van der Waals surface area contributed by atoms with Gasteiger partial charge >= 0.3 is 5.97 Å². The second kappa shape index (κ2) is 5.72. The number of aryl methyl sites for hydroxylation is 2. The standard InChI is InChI=1S/C18H15FO3/c19-16-10-12-6-2-1-5-11(12)9-15(16)17(20)13-7-3-4-8-14(13)18(21)22/h3-4,7-10H,1-2,5-6H2,(H,21,22). The van der Waals surface area contributed by atoms with Gasteiger partial charge in [-0.25, -0.2) is 9.18 Å². The Morgan fingerprint density at radius 2 is 1.50 bits per heavy atom. The lowest BCUT2D eigenvalue weighted by atomic mass is 9.88. The first-order chi connectivity index (χ1) is 10.6. The Balaban J connectivity index is 2.08. The van der Waals surface area contributed by atoms with Gasteiger partial charge in [0.05, 0.1) is 11.1 Å². The largest absolute Gasteiger partial charge is 0.478 e. The van der Waals surface area contributed by atoms with Gasteiger partial charge in [0.25, 0.3) is 0 Å². The van der Waals surface area contributed by atoms with Gasteiger partial charge in [0.1, 0.15) is 5.82 Å². The van der Waals surface area contributed by atoms with E-state index in [0.29, 0.717) is 0 Å². The van der Waals surface area contributed by atoms with Crippen molar-refractivity contribution in [1.82, 2.24) is 0 Å². The number of halogens is 1. The van der Waals surface area contributed by atoms with Crippen molar-refractivity contribution in [3.05, 3.63) is 70.0 Å². The molecular formula is C18H15FO3. The van der Waals surface area contributed by atoms with Gasteiger partial charge in [-0.1, -0.05) is 18.2 Å². The first kappa shape index (κ1) is 14.4. The van der Waals surface area contributed by atoms with Crippen LogP contribution >= 0.6 is 0 Å². The average Bonchev–Trinajstić information content (AvgIpc) is 2.53. The summed E-state index contributed by atoms with van der Waals surface area (Å²) in [5.41, 5.74) is 1.80. The van der Waals surface area contributed by atoms with Gasteiger partial charge in [-0.3, -0.25) is 4.79 Å². The molecule has 0 saturated heterocycles. The Bertz CT molecular complexity index is 765. The van der Waals surface area contributed by atoms with Crippen LogP contribution < -0.4 is 0 Å². The molecule has 0 heterocycles. The fraction of sp³-hybridized carbons (Fsp3) is 0.222. The van der Waals surface area contributed by atoms with E-state index in [4.69, 9.17) is 0 Å². The predicted octanol–water partition coefficient (Wildman–Crippen LogP) is 3.63. The molecule has 2 aromatic carbocycles. The molecule has 22 heavy (non-hydrogen) atoms. The van der Waals surface area contributed by atoms with Crippen LogP contribution in [-0.2, 0) is 12.8 Å². The Hall–Kier alpha value is -2.49. The van der Waals surface area contributed by atoms with Crippen molar-refractivity contribution in [2.45, 2.75) is 25.7 Å². The molecule has 3 rings (SSSR count). The van der Waals surface area contributed by atoms with Crippen LogP contribution in [0.5, 0.6) is 0 Å². The summed E-state index contributed by atoms with van der Waals surface area (Å²) < 4.78 is 14.3. The number of rotatable bonds is 3. The zero-order valence-corrected chi connectivity index (χ0v) is 11.9. The molecule has 4 heteroatoms. The minimum absolute atomic E-state index is 0.0182. The molecule has 1 N–H and O–H groups in total. The van der Waals surface area contributed by atoms with Gasteiger partial charge in [0, 0.05) is 5.56 Å². The van der Waals surface area contributed by atoms with Crippen molar-refractivity contribution in [1.29, 1.82) is 0 Å². The molecule has 0 saturated carbocycles.